The number of ether oxygens (including phenoxy) is 1. The van der Waals surface area contributed by atoms with Gasteiger partial charge in [-0.2, -0.15) is 4.31 Å². The first-order chi connectivity index (χ1) is 14.7. The lowest BCUT2D eigenvalue weighted by molar-refractivity contribution is -0.122. The number of sulfonamides is 1. The molecule has 1 heterocycles. The molecular weight excluding hydrogens is 442 g/mol. The molecule has 0 bridgehead atoms. The molecule has 1 fully saturated rings. The number of carbonyl (C=O) groups is 2. The minimum absolute atomic E-state index is 0.0277. The van der Waals surface area contributed by atoms with E-state index < -0.39 is 21.8 Å². The number of benzene rings is 2. The van der Waals surface area contributed by atoms with E-state index in [1.54, 1.807) is 31.2 Å². The molecule has 3 N–H and O–H groups in total. The molecule has 2 aromatic rings. The van der Waals surface area contributed by atoms with Crippen molar-refractivity contribution in [3.63, 3.8) is 0 Å². The summed E-state index contributed by atoms with van der Waals surface area (Å²) in [6, 6.07) is 10.7. The quantitative estimate of drug-likeness (QED) is 0.651. The van der Waals surface area contributed by atoms with Crippen LogP contribution in [0, 0.1) is 5.92 Å². The van der Waals surface area contributed by atoms with Crippen LogP contribution in [0.4, 0.5) is 5.69 Å². The first kappa shape index (κ1) is 23.1. The van der Waals surface area contributed by atoms with E-state index in [0.29, 0.717) is 35.8 Å². The van der Waals surface area contributed by atoms with Crippen LogP contribution in [0.3, 0.4) is 0 Å². The van der Waals surface area contributed by atoms with Crippen molar-refractivity contribution in [3.8, 4) is 5.75 Å². The predicted molar refractivity (Wildman–Crippen MR) is 118 cm³/mol. The number of anilines is 1. The van der Waals surface area contributed by atoms with E-state index in [0.717, 1.165) is 0 Å². The number of nitrogens with one attached hydrogen (secondary N) is 1. The molecule has 0 aromatic heterocycles. The molecule has 31 heavy (non-hydrogen) atoms. The zero-order valence-electron chi connectivity index (χ0n) is 17.0. The molecular formula is C21H24ClN3O5S. The Hall–Kier alpha value is -2.62. The third-order valence-corrected chi connectivity index (χ3v) is 7.25. The van der Waals surface area contributed by atoms with Crippen LogP contribution < -0.4 is 15.8 Å². The van der Waals surface area contributed by atoms with E-state index in [1.807, 2.05) is 0 Å². The van der Waals surface area contributed by atoms with E-state index in [9.17, 15) is 18.0 Å². The molecule has 0 spiro atoms. The Morgan fingerprint density at radius 3 is 2.39 bits per heavy atom. The number of nitrogens with two attached hydrogens (primary N) is 1. The lowest BCUT2D eigenvalue weighted by Gasteiger charge is -2.29. The molecule has 3 rings (SSSR count). The number of primary amides is 1. The maximum atomic E-state index is 13.1. The fourth-order valence-electron chi connectivity index (χ4n) is 3.37. The summed E-state index contributed by atoms with van der Waals surface area (Å²) in [5.41, 5.74) is 5.95. The van der Waals surface area contributed by atoms with Gasteiger partial charge in [-0.3, -0.25) is 9.59 Å². The van der Waals surface area contributed by atoms with Gasteiger partial charge >= 0.3 is 0 Å². The van der Waals surface area contributed by atoms with Crippen LogP contribution in [0.5, 0.6) is 5.75 Å². The summed E-state index contributed by atoms with van der Waals surface area (Å²) >= 11 is 5.87. The minimum atomic E-state index is -3.81. The van der Waals surface area contributed by atoms with E-state index in [4.69, 9.17) is 22.1 Å². The number of hydrogen-bond acceptors (Lipinski definition) is 5. The monoisotopic (exact) mass is 465 g/mol. The number of piperidine rings is 1. The van der Waals surface area contributed by atoms with Gasteiger partial charge < -0.3 is 15.8 Å². The molecule has 10 heteroatoms. The average molecular weight is 466 g/mol. The Kier molecular flexibility index (Phi) is 7.19. The Morgan fingerprint density at radius 1 is 1.16 bits per heavy atom. The molecule has 0 unspecified atom stereocenters. The van der Waals surface area contributed by atoms with Gasteiger partial charge in [-0.05, 0) is 62.2 Å². The fourth-order valence-corrected chi connectivity index (χ4v) is 5.00. The number of hydrogen-bond donors (Lipinski definition) is 2. The van der Waals surface area contributed by atoms with Gasteiger partial charge in [-0.15, -0.1) is 0 Å². The maximum absolute atomic E-state index is 13.1. The number of nitrogens with zero attached hydrogens (tertiary/aromatic N) is 1. The van der Waals surface area contributed by atoms with Crippen molar-refractivity contribution < 1.29 is 22.7 Å². The Labute approximate surface area is 186 Å². The first-order valence-corrected chi connectivity index (χ1v) is 11.7. The molecule has 0 atom stereocenters. The van der Waals surface area contributed by atoms with Crippen LogP contribution in [-0.2, 0) is 14.8 Å². The van der Waals surface area contributed by atoms with Gasteiger partial charge in [0.1, 0.15) is 5.75 Å². The molecule has 0 aliphatic carbocycles. The van der Waals surface area contributed by atoms with Gasteiger partial charge in [0.25, 0.3) is 5.91 Å². The second-order valence-corrected chi connectivity index (χ2v) is 9.51. The molecule has 1 aliphatic rings. The molecule has 2 aromatic carbocycles. The van der Waals surface area contributed by atoms with E-state index in [2.05, 4.69) is 5.32 Å². The smallest absolute Gasteiger partial charge is 0.255 e. The van der Waals surface area contributed by atoms with E-state index >= 15 is 0 Å². The van der Waals surface area contributed by atoms with Crippen LogP contribution in [0.1, 0.15) is 30.1 Å². The molecule has 8 nitrogen and oxygen atoms in total. The van der Waals surface area contributed by atoms with Crippen LogP contribution in [-0.4, -0.2) is 44.2 Å². The SMILES string of the molecule is CCOc1ccc(S(=O)(=O)N2CCC(C(N)=O)CC2)cc1NC(=O)c1ccc(Cl)cc1. The molecule has 0 saturated carbocycles. The highest BCUT2D eigenvalue weighted by Gasteiger charge is 2.31. The highest BCUT2D eigenvalue weighted by molar-refractivity contribution is 7.89. The van der Waals surface area contributed by atoms with Crippen LogP contribution >= 0.6 is 11.6 Å². The third-order valence-electron chi connectivity index (χ3n) is 5.10. The van der Waals surface area contributed by atoms with Crippen molar-refractivity contribution in [2.24, 2.45) is 11.7 Å². The summed E-state index contributed by atoms with van der Waals surface area (Å²) < 4.78 is 33.1. The summed E-state index contributed by atoms with van der Waals surface area (Å²) in [7, 11) is -3.81. The van der Waals surface area contributed by atoms with Crippen molar-refractivity contribution >= 4 is 39.1 Å². The topological polar surface area (TPSA) is 119 Å². The van der Waals surface area contributed by atoms with Crippen molar-refractivity contribution in [2.75, 3.05) is 25.0 Å². The molecule has 0 radical (unpaired) electrons. The largest absolute Gasteiger partial charge is 0.492 e. The van der Waals surface area contributed by atoms with Crippen molar-refractivity contribution in [2.45, 2.75) is 24.7 Å². The predicted octanol–water partition coefficient (Wildman–Crippen LogP) is 2.88. The third kappa shape index (κ3) is 5.36. The second-order valence-electron chi connectivity index (χ2n) is 7.13. The maximum Gasteiger partial charge on any atom is 0.255 e. The summed E-state index contributed by atoms with van der Waals surface area (Å²) in [5, 5.41) is 3.22. The number of halogens is 1. The van der Waals surface area contributed by atoms with Crippen molar-refractivity contribution in [3.05, 3.63) is 53.1 Å². The van der Waals surface area contributed by atoms with Gasteiger partial charge in [-0.1, -0.05) is 11.6 Å². The minimum Gasteiger partial charge on any atom is -0.492 e. The number of carbonyl (C=O) groups excluding carboxylic acids is 2. The number of amides is 2. The zero-order chi connectivity index (χ0) is 22.6. The summed E-state index contributed by atoms with van der Waals surface area (Å²) in [5.74, 6) is -0.794. The fraction of sp³-hybridized carbons (Fsp3) is 0.333. The zero-order valence-corrected chi connectivity index (χ0v) is 18.6. The van der Waals surface area contributed by atoms with Crippen molar-refractivity contribution in [1.82, 2.24) is 4.31 Å². The summed E-state index contributed by atoms with van der Waals surface area (Å²) in [4.78, 5) is 24.0. The standard InChI is InChI=1S/C21H24ClN3O5S/c1-2-30-19-8-7-17(31(28,29)25-11-9-14(10-12-25)20(23)26)13-18(19)24-21(27)15-3-5-16(22)6-4-15/h3-8,13-14H,2,9-12H2,1H3,(H2,23,26)(H,24,27). The van der Waals surface area contributed by atoms with Crippen LogP contribution in [0.2, 0.25) is 5.02 Å². The van der Waals surface area contributed by atoms with Gasteiger partial charge in [0.2, 0.25) is 15.9 Å². The molecule has 1 saturated heterocycles. The Bertz CT molecular complexity index is 1060. The highest BCUT2D eigenvalue weighted by atomic mass is 35.5. The number of rotatable bonds is 7. The highest BCUT2D eigenvalue weighted by Crippen LogP contribution is 2.31. The molecule has 166 valence electrons. The van der Waals surface area contributed by atoms with Crippen LogP contribution in [0.25, 0.3) is 0 Å². The average Bonchev–Trinajstić information content (AvgIpc) is 2.75. The summed E-state index contributed by atoms with van der Waals surface area (Å²) in [6.45, 7) is 2.54. The normalized spacial score (nSPS) is 15.4. The second kappa shape index (κ2) is 9.67. The lowest BCUT2D eigenvalue weighted by atomic mass is 9.98. The van der Waals surface area contributed by atoms with Gasteiger partial charge in [0.05, 0.1) is 17.2 Å². The van der Waals surface area contributed by atoms with Crippen LogP contribution in [0.15, 0.2) is 47.4 Å². The lowest BCUT2D eigenvalue weighted by Crippen LogP contribution is -2.41. The van der Waals surface area contributed by atoms with Crippen molar-refractivity contribution in [1.29, 1.82) is 0 Å². The summed E-state index contributed by atoms with van der Waals surface area (Å²) in [6.07, 6.45) is 0.761. The van der Waals surface area contributed by atoms with Gasteiger partial charge in [0, 0.05) is 29.6 Å². The Morgan fingerprint density at radius 2 is 1.81 bits per heavy atom. The van der Waals surface area contributed by atoms with E-state index in [1.165, 1.54) is 22.5 Å². The molecule has 2 amide bonds. The van der Waals surface area contributed by atoms with Gasteiger partial charge in [-0.25, -0.2) is 8.42 Å². The Balaban J connectivity index is 1.86. The van der Waals surface area contributed by atoms with Gasteiger partial charge in [0.15, 0.2) is 0 Å². The first-order valence-electron chi connectivity index (χ1n) is 9.85. The van der Waals surface area contributed by atoms with E-state index in [-0.39, 0.29) is 29.6 Å². The molecule has 1 aliphatic heterocycles.